The zero-order chi connectivity index (χ0) is 19.6. The predicted octanol–water partition coefficient (Wildman–Crippen LogP) is 2.81. The van der Waals surface area contributed by atoms with Gasteiger partial charge in [0.05, 0.1) is 17.0 Å². The number of benzene rings is 1. The topological polar surface area (TPSA) is 86.7 Å². The summed E-state index contributed by atoms with van der Waals surface area (Å²) in [7, 11) is -3.83. The molecular weight excluding hydrogens is 411 g/mol. The molecule has 1 aliphatic carbocycles. The molecule has 1 amide bonds. The van der Waals surface area contributed by atoms with E-state index in [0.29, 0.717) is 30.8 Å². The second-order valence-electron chi connectivity index (χ2n) is 7.30. The maximum absolute atomic E-state index is 13.0. The third kappa shape index (κ3) is 4.95. The number of hydrogen-bond donors (Lipinski definition) is 2. The fourth-order valence-electron chi connectivity index (χ4n) is 3.80. The van der Waals surface area contributed by atoms with Gasteiger partial charge in [0.2, 0.25) is 15.9 Å². The Morgan fingerprint density at radius 2 is 1.96 bits per heavy atom. The van der Waals surface area contributed by atoms with Crippen molar-refractivity contribution in [2.24, 2.45) is 5.92 Å². The Morgan fingerprint density at radius 3 is 2.70 bits per heavy atom. The van der Waals surface area contributed by atoms with Gasteiger partial charge < -0.3 is 10.4 Å². The summed E-state index contributed by atoms with van der Waals surface area (Å²) in [5.41, 5.74) is 0. The number of aliphatic hydroxyl groups excluding tert-OH is 1. The van der Waals surface area contributed by atoms with Crippen molar-refractivity contribution >= 4 is 39.1 Å². The lowest BCUT2D eigenvalue weighted by atomic mass is 9.91. The molecule has 0 aromatic heterocycles. The van der Waals surface area contributed by atoms with E-state index in [1.165, 1.54) is 22.5 Å². The van der Waals surface area contributed by atoms with E-state index in [2.05, 4.69) is 5.32 Å². The van der Waals surface area contributed by atoms with Crippen LogP contribution in [0.3, 0.4) is 0 Å². The second kappa shape index (κ2) is 8.66. The first kappa shape index (κ1) is 20.9. The average molecular weight is 435 g/mol. The maximum atomic E-state index is 13.0. The number of rotatable bonds is 4. The minimum atomic E-state index is -3.83. The highest BCUT2D eigenvalue weighted by molar-refractivity contribution is 7.89. The average Bonchev–Trinajstić information content (AvgIpc) is 2.63. The molecule has 9 heteroatoms. The van der Waals surface area contributed by atoms with Crippen LogP contribution >= 0.6 is 23.2 Å². The van der Waals surface area contributed by atoms with Gasteiger partial charge in [-0.2, -0.15) is 4.31 Å². The highest BCUT2D eigenvalue weighted by Crippen LogP contribution is 2.30. The van der Waals surface area contributed by atoms with Crippen LogP contribution in [-0.4, -0.2) is 49.0 Å². The van der Waals surface area contributed by atoms with Crippen LogP contribution in [0.1, 0.15) is 38.5 Å². The van der Waals surface area contributed by atoms with Crippen molar-refractivity contribution in [3.63, 3.8) is 0 Å². The standard InChI is InChI=1S/C18H24Cl2N2O4S/c19-13-6-7-16(20)17(9-13)27(25,26)22-8-2-3-12(11-22)18(24)21-14-4-1-5-15(23)10-14/h6-7,9,12,14-15,23H,1-5,8,10-11H2,(H,21,24)/t12-,14?,15?/m0/s1. The lowest BCUT2D eigenvalue weighted by molar-refractivity contribution is -0.127. The molecule has 1 aromatic rings. The molecule has 2 N–H and O–H groups in total. The second-order valence-corrected chi connectivity index (χ2v) is 10.1. The fraction of sp³-hybridized carbons (Fsp3) is 0.611. The molecule has 27 heavy (non-hydrogen) atoms. The first-order valence-electron chi connectivity index (χ1n) is 9.21. The molecule has 2 unspecified atom stereocenters. The van der Waals surface area contributed by atoms with E-state index in [-0.39, 0.29) is 34.5 Å². The van der Waals surface area contributed by atoms with Gasteiger partial charge in [0.25, 0.3) is 0 Å². The summed E-state index contributed by atoms with van der Waals surface area (Å²) in [5.74, 6) is -0.559. The molecule has 6 nitrogen and oxygen atoms in total. The summed E-state index contributed by atoms with van der Waals surface area (Å²) in [6, 6.07) is 4.29. The number of nitrogens with one attached hydrogen (secondary N) is 1. The molecule has 0 radical (unpaired) electrons. The maximum Gasteiger partial charge on any atom is 0.244 e. The number of sulfonamides is 1. The van der Waals surface area contributed by atoms with Gasteiger partial charge in [-0.15, -0.1) is 0 Å². The van der Waals surface area contributed by atoms with Crippen molar-refractivity contribution in [2.45, 2.75) is 55.6 Å². The number of carbonyl (C=O) groups is 1. The predicted molar refractivity (Wildman–Crippen MR) is 104 cm³/mol. The smallest absolute Gasteiger partial charge is 0.244 e. The number of aliphatic hydroxyl groups is 1. The number of hydrogen-bond acceptors (Lipinski definition) is 4. The Hall–Kier alpha value is -0.860. The van der Waals surface area contributed by atoms with Crippen molar-refractivity contribution in [3.8, 4) is 0 Å². The largest absolute Gasteiger partial charge is 0.393 e. The summed E-state index contributed by atoms with van der Waals surface area (Å²) >= 11 is 12.0. The molecule has 2 aliphatic rings. The molecule has 1 aliphatic heterocycles. The van der Waals surface area contributed by atoms with E-state index in [9.17, 15) is 18.3 Å². The Balaban J connectivity index is 1.69. The zero-order valence-corrected chi connectivity index (χ0v) is 17.2. The van der Waals surface area contributed by atoms with Gasteiger partial charge in [-0.05, 0) is 56.7 Å². The van der Waals surface area contributed by atoms with Crippen molar-refractivity contribution in [1.82, 2.24) is 9.62 Å². The molecule has 3 rings (SSSR count). The highest BCUT2D eigenvalue weighted by atomic mass is 35.5. The van der Waals surface area contributed by atoms with Crippen LogP contribution in [0.5, 0.6) is 0 Å². The van der Waals surface area contributed by atoms with Crippen LogP contribution in [0.25, 0.3) is 0 Å². The van der Waals surface area contributed by atoms with Gasteiger partial charge in [-0.1, -0.05) is 23.2 Å². The minimum Gasteiger partial charge on any atom is -0.393 e. The Bertz CT molecular complexity index is 803. The molecule has 0 bridgehead atoms. The Morgan fingerprint density at radius 1 is 1.19 bits per heavy atom. The highest BCUT2D eigenvalue weighted by Gasteiger charge is 2.35. The van der Waals surface area contributed by atoms with Crippen LogP contribution < -0.4 is 5.32 Å². The van der Waals surface area contributed by atoms with Gasteiger partial charge >= 0.3 is 0 Å². The van der Waals surface area contributed by atoms with Crippen molar-refractivity contribution < 1.29 is 18.3 Å². The van der Waals surface area contributed by atoms with Crippen LogP contribution in [0.15, 0.2) is 23.1 Å². The molecule has 3 atom stereocenters. The van der Waals surface area contributed by atoms with E-state index in [1.54, 1.807) is 0 Å². The van der Waals surface area contributed by atoms with Crippen LogP contribution in [0.2, 0.25) is 10.0 Å². The van der Waals surface area contributed by atoms with Gasteiger partial charge in [0, 0.05) is 24.2 Å². The normalized spacial score (nSPS) is 27.3. The van der Waals surface area contributed by atoms with Gasteiger partial charge in [-0.3, -0.25) is 4.79 Å². The number of amides is 1. The summed E-state index contributed by atoms with van der Waals surface area (Å²) < 4.78 is 27.3. The van der Waals surface area contributed by atoms with Crippen molar-refractivity contribution in [3.05, 3.63) is 28.2 Å². The first-order chi connectivity index (χ1) is 12.8. The quantitative estimate of drug-likeness (QED) is 0.762. The Labute approximate surface area is 169 Å². The monoisotopic (exact) mass is 434 g/mol. The molecule has 2 fully saturated rings. The Kier molecular flexibility index (Phi) is 6.69. The number of halogens is 2. The third-order valence-electron chi connectivity index (χ3n) is 5.26. The summed E-state index contributed by atoms with van der Waals surface area (Å²) in [6.07, 6.45) is 3.90. The molecule has 1 saturated carbocycles. The van der Waals surface area contributed by atoms with Crippen molar-refractivity contribution in [1.29, 1.82) is 0 Å². The molecule has 150 valence electrons. The van der Waals surface area contributed by atoms with Crippen molar-refractivity contribution in [2.75, 3.05) is 13.1 Å². The zero-order valence-electron chi connectivity index (χ0n) is 14.9. The number of nitrogens with zero attached hydrogens (tertiary/aromatic N) is 1. The van der Waals surface area contributed by atoms with E-state index in [0.717, 1.165) is 19.3 Å². The van der Waals surface area contributed by atoms with E-state index >= 15 is 0 Å². The van der Waals surface area contributed by atoms with E-state index in [1.807, 2.05) is 0 Å². The summed E-state index contributed by atoms with van der Waals surface area (Å²) in [5, 5.41) is 13.2. The lowest BCUT2D eigenvalue weighted by Crippen LogP contribution is -2.48. The number of piperidine rings is 1. The SMILES string of the molecule is O=C(NC1CCCC(O)C1)[C@H]1CCCN(S(=O)(=O)c2cc(Cl)ccc2Cl)C1. The van der Waals surface area contributed by atoms with Gasteiger partial charge in [0.15, 0.2) is 0 Å². The molecule has 1 heterocycles. The van der Waals surface area contributed by atoms with Gasteiger partial charge in [-0.25, -0.2) is 8.42 Å². The minimum absolute atomic E-state index is 0.0341. The lowest BCUT2D eigenvalue weighted by Gasteiger charge is -2.33. The summed E-state index contributed by atoms with van der Waals surface area (Å²) in [4.78, 5) is 12.6. The van der Waals surface area contributed by atoms with E-state index in [4.69, 9.17) is 23.2 Å². The molecule has 1 aromatic carbocycles. The first-order valence-corrected chi connectivity index (χ1v) is 11.4. The molecule has 0 spiro atoms. The van der Waals surface area contributed by atoms with Crippen LogP contribution in [0.4, 0.5) is 0 Å². The van der Waals surface area contributed by atoms with Crippen LogP contribution in [-0.2, 0) is 14.8 Å². The fourth-order valence-corrected chi connectivity index (χ4v) is 6.06. The molecular formula is C18H24Cl2N2O4S. The third-order valence-corrected chi connectivity index (χ3v) is 7.84. The number of carbonyl (C=O) groups excluding carboxylic acids is 1. The van der Waals surface area contributed by atoms with E-state index < -0.39 is 15.9 Å². The molecule has 1 saturated heterocycles. The van der Waals surface area contributed by atoms with Crippen LogP contribution in [0, 0.1) is 5.92 Å². The van der Waals surface area contributed by atoms with Gasteiger partial charge in [0.1, 0.15) is 4.90 Å². The summed E-state index contributed by atoms with van der Waals surface area (Å²) in [6.45, 7) is 0.462.